The Hall–Kier alpha value is -1.42. The molecule has 1 aromatic rings. The Bertz CT molecular complexity index is 399. The fourth-order valence-corrected chi connectivity index (χ4v) is 2.32. The molecule has 18 heavy (non-hydrogen) atoms. The van der Waals surface area contributed by atoms with E-state index in [9.17, 15) is 9.18 Å². The monoisotopic (exact) mass is 250 g/mol. The Balaban J connectivity index is 1.92. The molecule has 0 bridgehead atoms. The number of carbonyl (C=O) groups is 1. The van der Waals surface area contributed by atoms with E-state index in [1.807, 2.05) is 0 Å². The third-order valence-corrected chi connectivity index (χ3v) is 3.36. The van der Waals surface area contributed by atoms with Gasteiger partial charge in [0.25, 0.3) is 0 Å². The fraction of sp³-hybridized carbons (Fsp3) is 0.500. The zero-order chi connectivity index (χ0) is 13.0. The van der Waals surface area contributed by atoms with Gasteiger partial charge >= 0.3 is 0 Å². The van der Waals surface area contributed by atoms with Crippen molar-refractivity contribution in [1.82, 2.24) is 10.2 Å². The number of amides is 1. The average molecular weight is 250 g/mol. The van der Waals surface area contributed by atoms with Crippen molar-refractivity contribution in [2.75, 3.05) is 20.1 Å². The first kappa shape index (κ1) is 13.0. The molecule has 1 atom stereocenters. The minimum atomic E-state index is -0.246. The van der Waals surface area contributed by atoms with Crippen LogP contribution in [0.15, 0.2) is 24.3 Å². The summed E-state index contributed by atoms with van der Waals surface area (Å²) in [5.74, 6) is 0.0138. The molecule has 0 spiro atoms. The predicted octanol–water partition coefficient (Wildman–Crippen LogP) is 1.78. The van der Waals surface area contributed by atoms with Crippen molar-refractivity contribution < 1.29 is 9.18 Å². The van der Waals surface area contributed by atoms with Gasteiger partial charge in [-0.1, -0.05) is 12.1 Å². The van der Waals surface area contributed by atoms with Crippen molar-refractivity contribution in [3.05, 3.63) is 35.6 Å². The van der Waals surface area contributed by atoms with Crippen molar-refractivity contribution in [3.8, 4) is 0 Å². The first-order valence-electron chi connectivity index (χ1n) is 6.37. The summed E-state index contributed by atoms with van der Waals surface area (Å²) < 4.78 is 12.8. The molecule has 2 rings (SSSR count). The van der Waals surface area contributed by atoms with E-state index in [0.29, 0.717) is 6.54 Å². The van der Waals surface area contributed by atoms with Gasteiger partial charge in [0, 0.05) is 20.1 Å². The lowest BCUT2D eigenvalue weighted by atomic mass is 9.98. The van der Waals surface area contributed by atoms with Gasteiger partial charge in [-0.3, -0.25) is 4.79 Å². The van der Waals surface area contributed by atoms with E-state index in [2.05, 4.69) is 5.32 Å². The molecule has 98 valence electrons. The highest BCUT2D eigenvalue weighted by Crippen LogP contribution is 2.14. The molecule has 1 unspecified atom stereocenters. The maximum atomic E-state index is 12.8. The van der Waals surface area contributed by atoms with Gasteiger partial charge in [-0.25, -0.2) is 4.39 Å². The third kappa shape index (κ3) is 3.29. The van der Waals surface area contributed by atoms with Crippen molar-refractivity contribution in [2.24, 2.45) is 5.92 Å². The van der Waals surface area contributed by atoms with Crippen LogP contribution in [0, 0.1) is 11.7 Å². The summed E-state index contributed by atoms with van der Waals surface area (Å²) in [6.45, 7) is 2.31. The van der Waals surface area contributed by atoms with Gasteiger partial charge in [-0.15, -0.1) is 0 Å². The van der Waals surface area contributed by atoms with Crippen LogP contribution in [0.25, 0.3) is 0 Å². The van der Waals surface area contributed by atoms with Crippen LogP contribution in [-0.2, 0) is 11.3 Å². The van der Waals surface area contributed by atoms with Crippen LogP contribution < -0.4 is 5.32 Å². The maximum Gasteiger partial charge on any atom is 0.227 e. The first-order valence-corrected chi connectivity index (χ1v) is 6.37. The Morgan fingerprint density at radius 1 is 1.44 bits per heavy atom. The molecule has 0 aromatic heterocycles. The summed E-state index contributed by atoms with van der Waals surface area (Å²) in [7, 11) is 1.81. The minimum Gasteiger partial charge on any atom is -0.341 e. The highest BCUT2D eigenvalue weighted by molar-refractivity contribution is 5.78. The summed E-state index contributed by atoms with van der Waals surface area (Å²) in [6.07, 6.45) is 2.01. The number of nitrogens with one attached hydrogen (secondary N) is 1. The number of rotatable bonds is 3. The molecule has 4 heteroatoms. The number of benzene rings is 1. The smallest absolute Gasteiger partial charge is 0.227 e. The quantitative estimate of drug-likeness (QED) is 0.887. The van der Waals surface area contributed by atoms with Crippen LogP contribution in [0.2, 0.25) is 0 Å². The van der Waals surface area contributed by atoms with Gasteiger partial charge in [-0.05, 0) is 37.1 Å². The van der Waals surface area contributed by atoms with Crippen molar-refractivity contribution >= 4 is 5.91 Å². The lowest BCUT2D eigenvalue weighted by molar-refractivity contribution is -0.135. The molecule has 1 N–H and O–H groups in total. The van der Waals surface area contributed by atoms with Gasteiger partial charge < -0.3 is 10.2 Å². The molecule has 0 aliphatic carbocycles. The average Bonchev–Trinajstić information content (AvgIpc) is 2.41. The van der Waals surface area contributed by atoms with E-state index in [0.717, 1.165) is 31.5 Å². The van der Waals surface area contributed by atoms with Crippen LogP contribution in [0.4, 0.5) is 4.39 Å². The second kappa shape index (κ2) is 5.96. The zero-order valence-electron chi connectivity index (χ0n) is 10.7. The largest absolute Gasteiger partial charge is 0.341 e. The highest BCUT2D eigenvalue weighted by atomic mass is 19.1. The summed E-state index contributed by atoms with van der Waals surface area (Å²) in [5.41, 5.74) is 0.955. The lowest BCUT2D eigenvalue weighted by Crippen LogP contribution is -2.41. The van der Waals surface area contributed by atoms with Crippen LogP contribution in [-0.4, -0.2) is 30.9 Å². The molecule has 0 radical (unpaired) electrons. The molecule has 1 saturated heterocycles. The normalized spacial score (nSPS) is 19.6. The van der Waals surface area contributed by atoms with E-state index in [4.69, 9.17) is 0 Å². The fourth-order valence-electron chi connectivity index (χ4n) is 2.32. The van der Waals surface area contributed by atoms with E-state index in [-0.39, 0.29) is 17.6 Å². The summed E-state index contributed by atoms with van der Waals surface area (Å²) in [5, 5.41) is 3.24. The summed E-state index contributed by atoms with van der Waals surface area (Å²) >= 11 is 0. The number of hydrogen-bond donors (Lipinski definition) is 1. The SMILES string of the molecule is CN(Cc1ccc(F)cc1)C(=O)C1CCCNC1. The van der Waals surface area contributed by atoms with Gasteiger partial charge in [0.1, 0.15) is 5.82 Å². The third-order valence-electron chi connectivity index (χ3n) is 3.36. The molecule has 1 aromatic carbocycles. The van der Waals surface area contributed by atoms with E-state index in [1.54, 1.807) is 24.1 Å². The van der Waals surface area contributed by atoms with Gasteiger partial charge in [0.2, 0.25) is 5.91 Å². The highest BCUT2D eigenvalue weighted by Gasteiger charge is 2.23. The molecular weight excluding hydrogens is 231 g/mol. The Labute approximate surface area is 107 Å². The molecule has 1 amide bonds. The van der Waals surface area contributed by atoms with Crippen LogP contribution in [0.3, 0.4) is 0 Å². The number of nitrogens with zero attached hydrogens (tertiary/aromatic N) is 1. The number of halogens is 1. The molecule has 1 fully saturated rings. The standard InChI is InChI=1S/C14H19FN2O/c1-17(10-11-4-6-13(15)7-5-11)14(18)12-3-2-8-16-9-12/h4-7,12,16H,2-3,8-10H2,1H3. The molecule has 1 aliphatic heterocycles. The lowest BCUT2D eigenvalue weighted by Gasteiger charge is -2.27. The number of hydrogen-bond acceptors (Lipinski definition) is 2. The predicted molar refractivity (Wildman–Crippen MR) is 68.5 cm³/mol. The van der Waals surface area contributed by atoms with E-state index >= 15 is 0 Å². The van der Waals surface area contributed by atoms with E-state index in [1.165, 1.54) is 12.1 Å². The van der Waals surface area contributed by atoms with E-state index < -0.39 is 0 Å². The van der Waals surface area contributed by atoms with Crippen LogP contribution in [0.1, 0.15) is 18.4 Å². The molecule has 1 aliphatic rings. The van der Waals surface area contributed by atoms with Crippen molar-refractivity contribution in [3.63, 3.8) is 0 Å². The van der Waals surface area contributed by atoms with Gasteiger partial charge in [0.15, 0.2) is 0 Å². The topological polar surface area (TPSA) is 32.3 Å². The van der Waals surface area contributed by atoms with Crippen molar-refractivity contribution in [2.45, 2.75) is 19.4 Å². The Morgan fingerprint density at radius 3 is 2.78 bits per heavy atom. The van der Waals surface area contributed by atoms with Crippen LogP contribution in [0.5, 0.6) is 0 Å². The summed E-state index contributed by atoms with van der Waals surface area (Å²) in [6, 6.07) is 6.29. The number of carbonyl (C=O) groups excluding carboxylic acids is 1. The number of piperidine rings is 1. The van der Waals surface area contributed by atoms with Crippen molar-refractivity contribution in [1.29, 1.82) is 0 Å². The molecular formula is C14H19FN2O. The van der Waals surface area contributed by atoms with Gasteiger partial charge in [0.05, 0.1) is 5.92 Å². The maximum absolute atomic E-state index is 12.8. The molecule has 0 saturated carbocycles. The zero-order valence-corrected chi connectivity index (χ0v) is 10.7. The Morgan fingerprint density at radius 2 is 2.17 bits per heavy atom. The van der Waals surface area contributed by atoms with Gasteiger partial charge in [-0.2, -0.15) is 0 Å². The van der Waals surface area contributed by atoms with Crippen LogP contribution >= 0.6 is 0 Å². The molecule has 3 nitrogen and oxygen atoms in total. The second-order valence-electron chi connectivity index (χ2n) is 4.86. The first-order chi connectivity index (χ1) is 8.66. The molecule has 1 heterocycles. The Kier molecular flexibility index (Phi) is 4.31. The minimum absolute atomic E-state index is 0.0872. The second-order valence-corrected chi connectivity index (χ2v) is 4.86. The summed E-state index contributed by atoms with van der Waals surface area (Å²) in [4.78, 5) is 13.9.